The number of aromatic nitrogens is 1. The Morgan fingerprint density at radius 3 is 3.00 bits per heavy atom. The van der Waals surface area contributed by atoms with E-state index in [1.165, 1.54) is 0 Å². The third-order valence-electron chi connectivity index (χ3n) is 1.97. The molecule has 0 saturated carbocycles. The fourth-order valence-corrected chi connectivity index (χ4v) is 2.35. The Morgan fingerprint density at radius 1 is 1.75 bits per heavy atom. The number of pyridine rings is 1. The SMILES string of the molecule is CC(CS(C)=O)Nc1cnccc1C(N)=S. The van der Waals surface area contributed by atoms with E-state index < -0.39 is 10.8 Å². The highest BCUT2D eigenvalue weighted by Crippen LogP contribution is 2.14. The first-order valence-corrected chi connectivity index (χ1v) is 6.94. The van der Waals surface area contributed by atoms with Crippen molar-refractivity contribution >= 4 is 33.7 Å². The van der Waals surface area contributed by atoms with Crippen molar-refractivity contribution in [2.24, 2.45) is 5.73 Å². The van der Waals surface area contributed by atoms with Crippen molar-refractivity contribution in [1.82, 2.24) is 4.98 Å². The van der Waals surface area contributed by atoms with Crippen LogP contribution in [-0.2, 0) is 10.8 Å². The van der Waals surface area contributed by atoms with Gasteiger partial charge in [-0.1, -0.05) is 12.2 Å². The van der Waals surface area contributed by atoms with Gasteiger partial charge in [-0.15, -0.1) is 0 Å². The molecule has 0 amide bonds. The molecule has 2 unspecified atom stereocenters. The largest absolute Gasteiger partial charge is 0.389 e. The standard InChI is InChI=1S/C10H15N3OS2/c1-7(6-16(2)14)13-9-5-12-4-3-8(9)10(11)15/h3-5,7,13H,6H2,1-2H3,(H2,11,15). The van der Waals surface area contributed by atoms with Crippen molar-refractivity contribution in [1.29, 1.82) is 0 Å². The molecule has 1 aromatic rings. The van der Waals surface area contributed by atoms with E-state index in [9.17, 15) is 4.21 Å². The van der Waals surface area contributed by atoms with Crippen LogP contribution in [0.1, 0.15) is 12.5 Å². The summed E-state index contributed by atoms with van der Waals surface area (Å²) in [6.07, 6.45) is 4.99. The molecule has 0 aliphatic carbocycles. The lowest BCUT2D eigenvalue weighted by Crippen LogP contribution is -2.24. The minimum atomic E-state index is -0.834. The van der Waals surface area contributed by atoms with Crippen LogP contribution < -0.4 is 11.1 Å². The Labute approximate surface area is 103 Å². The maximum absolute atomic E-state index is 11.1. The predicted octanol–water partition coefficient (Wildman–Crippen LogP) is 0.895. The molecule has 0 aliphatic rings. The lowest BCUT2D eigenvalue weighted by molar-refractivity contribution is 0.683. The van der Waals surface area contributed by atoms with Crippen molar-refractivity contribution in [2.75, 3.05) is 17.3 Å². The van der Waals surface area contributed by atoms with Crippen molar-refractivity contribution in [3.05, 3.63) is 24.0 Å². The van der Waals surface area contributed by atoms with Crippen LogP contribution >= 0.6 is 12.2 Å². The van der Waals surface area contributed by atoms with Gasteiger partial charge in [-0.25, -0.2) is 0 Å². The van der Waals surface area contributed by atoms with Gasteiger partial charge in [0, 0.05) is 40.6 Å². The van der Waals surface area contributed by atoms with E-state index in [0.717, 1.165) is 11.3 Å². The summed E-state index contributed by atoms with van der Waals surface area (Å²) < 4.78 is 11.1. The fraction of sp³-hybridized carbons (Fsp3) is 0.400. The maximum Gasteiger partial charge on any atom is 0.106 e. The zero-order valence-corrected chi connectivity index (χ0v) is 10.9. The molecule has 0 spiro atoms. The third-order valence-corrected chi connectivity index (χ3v) is 3.16. The second-order valence-corrected chi connectivity index (χ2v) is 5.49. The molecular weight excluding hydrogens is 242 g/mol. The molecule has 2 atom stereocenters. The number of thiocarbonyl (C=S) groups is 1. The molecule has 16 heavy (non-hydrogen) atoms. The Balaban J connectivity index is 2.80. The highest BCUT2D eigenvalue weighted by Gasteiger charge is 2.09. The molecule has 0 fully saturated rings. The quantitative estimate of drug-likeness (QED) is 0.767. The van der Waals surface area contributed by atoms with Gasteiger partial charge in [-0.3, -0.25) is 9.19 Å². The van der Waals surface area contributed by atoms with Gasteiger partial charge in [0.1, 0.15) is 4.99 Å². The molecule has 0 radical (unpaired) electrons. The highest BCUT2D eigenvalue weighted by molar-refractivity contribution is 7.84. The molecule has 4 nitrogen and oxygen atoms in total. The number of anilines is 1. The van der Waals surface area contributed by atoms with Crippen LogP contribution in [0.4, 0.5) is 5.69 Å². The highest BCUT2D eigenvalue weighted by atomic mass is 32.2. The summed E-state index contributed by atoms with van der Waals surface area (Å²) in [6.45, 7) is 1.96. The molecule has 88 valence electrons. The van der Waals surface area contributed by atoms with E-state index in [-0.39, 0.29) is 6.04 Å². The molecule has 0 bridgehead atoms. The van der Waals surface area contributed by atoms with Crippen LogP contribution in [0, 0.1) is 0 Å². The van der Waals surface area contributed by atoms with E-state index in [1.807, 2.05) is 6.92 Å². The zero-order valence-electron chi connectivity index (χ0n) is 9.27. The number of nitrogens with zero attached hydrogens (tertiary/aromatic N) is 1. The molecule has 1 aromatic heterocycles. The number of nitrogens with one attached hydrogen (secondary N) is 1. The smallest absolute Gasteiger partial charge is 0.106 e. The normalized spacial score (nSPS) is 14.1. The lowest BCUT2D eigenvalue weighted by atomic mass is 10.2. The fourth-order valence-electron chi connectivity index (χ4n) is 1.38. The summed E-state index contributed by atoms with van der Waals surface area (Å²) >= 11 is 4.94. The monoisotopic (exact) mass is 257 g/mol. The number of rotatable bonds is 5. The Bertz CT molecular complexity index is 409. The average Bonchev–Trinajstić information content (AvgIpc) is 2.16. The van der Waals surface area contributed by atoms with Crippen molar-refractivity contribution in [3.8, 4) is 0 Å². The first-order chi connectivity index (χ1) is 7.50. The van der Waals surface area contributed by atoms with Gasteiger partial charge in [-0.05, 0) is 13.0 Å². The summed E-state index contributed by atoms with van der Waals surface area (Å²) in [7, 11) is -0.834. The summed E-state index contributed by atoms with van der Waals surface area (Å²) in [5, 5.41) is 3.20. The summed E-state index contributed by atoms with van der Waals surface area (Å²) in [5.74, 6) is 0.575. The Morgan fingerprint density at radius 2 is 2.44 bits per heavy atom. The first-order valence-electron chi connectivity index (χ1n) is 4.81. The third kappa shape index (κ3) is 3.86. The minimum absolute atomic E-state index is 0.0862. The van der Waals surface area contributed by atoms with E-state index in [0.29, 0.717) is 10.7 Å². The Kier molecular flexibility index (Phi) is 4.82. The van der Waals surface area contributed by atoms with Gasteiger partial charge in [0.15, 0.2) is 0 Å². The molecule has 0 aliphatic heterocycles. The molecule has 1 rings (SSSR count). The molecular formula is C10H15N3OS2. The zero-order chi connectivity index (χ0) is 12.1. The van der Waals surface area contributed by atoms with Crippen LogP contribution in [0.3, 0.4) is 0 Å². The number of hydrogen-bond donors (Lipinski definition) is 2. The van der Waals surface area contributed by atoms with Gasteiger partial charge in [0.2, 0.25) is 0 Å². The van der Waals surface area contributed by atoms with Crippen LogP contribution in [0.5, 0.6) is 0 Å². The summed E-state index contributed by atoms with van der Waals surface area (Å²) in [4.78, 5) is 4.33. The van der Waals surface area contributed by atoms with Crippen LogP contribution in [0.2, 0.25) is 0 Å². The number of hydrogen-bond acceptors (Lipinski definition) is 4. The van der Waals surface area contributed by atoms with E-state index >= 15 is 0 Å². The molecule has 0 aromatic carbocycles. The van der Waals surface area contributed by atoms with Gasteiger partial charge < -0.3 is 11.1 Å². The number of nitrogens with two attached hydrogens (primary N) is 1. The summed E-state index contributed by atoms with van der Waals surface area (Å²) in [6, 6.07) is 1.85. The van der Waals surface area contributed by atoms with Gasteiger partial charge >= 0.3 is 0 Å². The lowest BCUT2D eigenvalue weighted by Gasteiger charge is -2.16. The van der Waals surface area contributed by atoms with Gasteiger partial charge in [0.25, 0.3) is 0 Å². The van der Waals surface area contributed by atoms with E-state index in [2.05, 4.69) is 10.3 Å². The molecule has 1 heterocycles. The topological polar surface area (TPSA) is 68.0 Å². The van der Waals surface area contributed by atoms with Gasteiger partial charge in [-0.2, -0.15) is 0 Å². The van der Waals surface area contributed by atoms with Crippen LogP contribution in [-0.4, -0.2) is 32.2 Å². The molecule has 3 N–H and O–H groups in total. The molecule has 6 heteroatoms. The predicted molar refractivity (Wildman–Crippen MR) is 72.1 cm³/mol. The van der Waals surface area contributed by atoms with Crippen molar-refractivity contribution in [2.45, 2.75) is 13.0 Å². The van der Waals surface area contributed by atoms with Gasteiger partial charge in [0.05, 0.1) is 11.9 Å². The van der Waals surface area contributed by atoms with Crippen molar-refractivity contribution < 1.29 is 4.21 Å². The van der Waals surface area contributed by atoms with Crippen LogP contribution in [0.15, 0.2) is 18.5 Å². The maximum atomic E-state index is 11.1. The average molecular weight is 257 g/mol. The summed E-state index contributed by atoms with van der Waals surface area (Å²) in [5.41, 5.74) is 7.14. The molecule has 0 saturated heterocycles. The minimum Gasteiger partial charge on any atom is -0.389 e. The first kappa shape index (κ1) is 13.1. The second kappa shape index (κ2) is 5.91. The Hall–Kier alpha value is -1.01. The van der Waals surface area contributed by atoms with E-state index in [4.69, 9.17) is 18.0 Å². The second-order valence-electron chi connectivity index (χ2n) is 3.57. The van der Waals surface area contributed by atoms with E-state index in [1.54, 1.807) is 24.7 Å². The van der Waals surface area contributed by atoms with Crippen LogP contribution in [0.25, 0.3) is 0 Å². The van der Waals surface area contributed by atoms with Crippen molar-refractivity contribution in [3.63, 3.8) is 0 Å².